The van der Waals surface area contributed by atoms with Gasteiger partial charge in [-0.05, 0) is 36.6 Å². The van der Waals surface area contributed by atoms with Gasteiger partial charge in [0.25, 0.3) is 0 Å². The SMILES string of the molecule is COC(=O)C(CC(=O)O)Cc1cc(OC)cc(C)c1OC. The molecular weight excluding hydrogens is 276 g/mol. The van der Waals surface area contributed by atoms with Crippen LogP contribution in [0.3, 0.4) is 0 Å². The minimum atomic E-state index is -1.05. The first-order valence-electron chi connectivity index (χ1n) is 6.44. The van der Waals surface area contributed by atoms with Crippen molar-refractivity contribution in [2.75, 3.05) is 21.3 Å². The molecule has 0 fully saturated rings. The first-order valence-corrected chi connectivity index (χ1v) is 6.44. The highest BCUT2D eigenvalue weighted by Gasteiger charge is 2.25. The summed E-state index contributed by atoms with van der Waals surface area (Å²) < 4.78 is 15.2. The number of carbonyl (C=O) groups excluding carboxylic acids is 1. The van der Waals surface area contributed by atoms with Crippen molar-refractivity contribution >= 4 is 11.9 Å². The predicted molar refractivity (Wildman–Crippen MR) is 75.7 cm³/mol. The number of carboxylic acid groups (broad SMARTS) is 1. The normalized spacial score (nSPS) is 11.6. The van der Waals surface area contributed by atoms with E-state index in [0.29, 0.717) is 17.1 Å². The van der Waals surface area contributed by atoms with Crippen LogP contribution in [0.2, 0.25) is 0 Å². The van der Waals surface area contributed by atoms with Crippen molar-refractivity contribution in [2.45, 2.75) is 19.8 Å². The lowest BCUT2D eigenvalue weighted by molar-refractivity contribution is -0.150. The van der Waals surface area contributed by atoms with E-state index < -0.39 is 17.9 Å². The molecule has 0 aromatic heterocycles. The number of rotatable bonds is 7. The number of aliphatic carboxylic acids is 1. The summed E-state index contributed by atoms with van der Waals surface area (Å²) in [5.41, 5.74) is 1.57. The molecule has 0 aliphatic rings. The number of carboxylic acids is 1. The Morgan fingerprint density at radius 3 is 2.33 bits per heavy atom. The Hall–Kier alpha value is -2.24. The molecule has 0 radical (unpaired) electrons. The second-order valence-electron chi connectivity index (χ2n) is 4.66. The van der Waals surface area contributed by atoms with Gasteiger partial charge in [0.15, 0.2) is 0 Å². The largest absolute Gasteiger partial charge is 0.497 e. The van der Waals surface area contributed by atoms with Crippen molar-refractivity contribution in [2.24, 2.45) is 5.92 Å². The molecule has 0 aliphatic heterocycles. The minimum absolute atomic E-state index is 0.209. The molecule has 6 nitrogen and oxygen atoms in total. The van der Waals surface area contributed by atoms with Crippen molar-refractivity contribution < 1.29 is 28.9 Å². The van der Waals surface area contributed by atoms with Crippen LogP contribution < -0.4 is 9.47 Å². The van der Waals surface area contributed by atoms with Gasteiger partial charge in [0.1, 0.15) is 11.5 Å². The van der Waals surface area contributed by atoms with Gasteiger partial charge < -0.3 is 19.3 Å². The molecule has 1 atom stereocenters. The van der Waals surface area contributed by atoms with Crippen LogP contribution in [0.5, 0.6) is 11.5 Å². The Morgan fingerprint density at radius 1 is 1.19 bits per heavy atom. The van der Waals surface area contributed by atoms with Crippen molar-refractivity contribution in [3.05, 3.63) is 23.3 Å². The van der Waals surface area contributed by atoms with E-state index in [1.807, 2.05) is 13.0 Å². The van der Waals surface area contributed by atoms with Crippen LogP contribution >= 0.6 is 0 Å². The average Bonchev–Trinajstić information content (AvgIpc) is 2.44. The van der Waals surface area contributed by atoms with Crippen molar-refractivity contribution in [1.29, 1.82) is 0 Å². The van der Waals surface area contributed by atoms with Gasteiger partial charge in [-0.3, -0.25) is 9.59 Å². The lowest BCUT2D eigenvalue weighted by Gasteiger charge is -2.17. The minimum Gasteiger partial charge on any atom is -0.497 e. The van der Waals surface area contributed by atoms with Crippen LogP contribution in [-0.4, -0.2) is 38.4 Å². The van der Waals surface area contributed by atoms with Crippen molar-refractivity contribution in [1.82, 2.24) is 0 Å². The van der Waals surface area contributed by atoms with Crippen molar-refractivity contribution in [3.8, 4) is 11.5 Å². The maximum Gasteiger partial charge on any atom is 0.309 e. The summed E-state index contributed by atoms with van der Waals surface area (Å²) in [7, 11) is 4.31. The summed E-state index contributed by atoms with van der Waals surface area (Å²) in [6.07, 6.45) is -0.0910. The van der Waals surface area contributed by atoms with E-state index in [-0.39, 0.29) is 12.8 Å². The maximum absolute atomic E-state index is 11.7. The Morgan fingerprint density at radius 2 is 1.86 bits per heavy atom. The topological polar surface area (TPSA) is 82.1 Å². The predicted octanol–water partition coefficient (Wildman–Crippen LogP) is 1.82. The summed E-state index contributed by atoms with van der Waals surface area (Å²) >= 11 is 0. The maximum atomic E-state index is 11.7. The monoisotopic (exact) mass is 296 g/mol. The van der Waals surface area contributed by atoms with Crippen LogP contribution in [0.15, 0.2) is 12.1 Å². The van der Waals surface area contributed by atoms with E-state index in [2.05, 4.69) is 4.74 Å². The van der Waals surface area contributed by atoms with Crippen LogP contribution in [0.25, 0.3) is 0 Å². The lowest BCUT2D eigenvalue weighted by atomic mass is 9.94. The third-order valence-corrected chi connectivity index (χ3v) is 3.19. The van der Waals surface area contributed by atoms with Gasteiger partial charge in [-0.25, -0.2) is 0 Å². The number of methoxy groups -OCH3 is 3. The van der Waals surface area contributed by atoms with Gasteiger partial charge in [-0.15, -0.1) is 0 Å². The number of aryl methyl sites for hydroxylation is 1. The Balaban J connectivity index is 3.14. The molecule has 0 heterocycles. The third kappa shape index (κ3) is 4.37. The molecule has 0 saturated heterocycles. The molecule has 0 bridgehead atoms. The fourth-order valence-corrected chi connectivity index (χ4v) is 2.25. The highest BCUT2D eigenvalue weighted by Crippen LogP contribution is 2.31. The van der Waals surface area contributed by atoms with Gasteiger partial charge in [0, 0.05) is 0 Å². The quantitative estimate of drug-likeness (QED) is 0.773. The van der Waals surface area contributed by atoms with E-state index in [4.69, 9.17) is 14.6 Å². The summed E-state index contributed by atoms with van der Waals surface area (Å²) in [4.78, 5) is 22.6. The second kappa shape index (κ2) is 7.52. The zero-order valence-electron chi connectivity index (χ0n) is 12.6. The molecular formula is C15H20O6. The fraction of sp³-hybridized carbons (Fsp3) is 0.467. The molecule has 0 saturated carbocycles. The zero-order chi connectivity index (χ0) is 16.0. The van der Waals surface area contributed by atoms with Gasteiger partial charge in [-0.2, -0.15) is 0 Å². The van der Waals surface area contributed by atoms with E-state index in [1.165, 1.54) is 14.2 Å². The summed E-state index contributed by atoms with van der Waals surface area (Å²) in [6, 6.07) is 3.55. The number of esters is 1. The molecule has 116 valence electrons. The number of benzene rings is 1. The van der Waals surface area contributed by atoms with Gasteiger partial charge in [0.2, 0.25) is 0 Å². The van der Waals surface area contributed by atoms with Crippen LogP contribution in [-0.2, 0) is 20.7 Å². The molecule has 1 rings (SSSR count). The molecule has 0 amide bonds. The highest BCUT2D eigenvalue weighted by atomic mass is 16.5. The standard InChI is InChI=1S/C15H20O6/c1-9-5-12(19-2)7-10(14(9)20-3)6-11(8-13(16)17)15(18)21-4/h5,7,11H,6,8H2,1-4H3,(H,16,17). The van der Waals surface area contributed by atoms with Gasteiger partial charge in [-0.1, -0.05) is 0 Å². The molecule has 1 aromatic carbocycles. The molecule has 21 heavy (non-hydrogen) atoms. The summed E-state index contributed by atoms with van der Waals surface area (Å²) in [5, 5.41) is 8.92. The summed E-state index contributed by atoms with van der Waals surface area (Å²) in [5.74, 6) is -1.13. The Bertz CT molecular complexity index is 523. The van der Waals surface area contributed by atoms with E-state index in [1.54, 1.807) is 13.2 Å². The van der Waals surface area contributed by atoms with Gasteiger partial charge >= 0.3 is 11.9 Å². The first kappa shape index (κ1) is 16.8. The molecule has 1 aromatic rings. The van der Waals surface area contributed by atoms with Crippen LogP contribution in [0, 0.1) is 12.8 Å². The zero-order valence-corrected chi connectivity index (χ0v) is 12.6. The smallest absolute Gasteiger partial charge is 0.309 e. The molecule has 1 unspecified atom stereocenters. The highest BCUT2D eigenvalue weighted by molar-refractivity contribution is 5.79. The number of carbonyl (C=O) groups is 2. The molecule has 1 N–H and O–H groups in total. The molecule has 0 spiro atoms. The first-order chi connectivity index (χ1) is 9.92. The Labute approximate surface area is 123 Å². The van der Waals surface area contributed by atoms with Gasteiger partial charge in [0.05, 0.1) is 33.7 Å². The molecule has 0 aliphatic carbocycles. The fourth-order valence-electron chi connectivity index (χ4n) is 2.25. The second-order valence-corrected chi connectivity index (χ2v) is 4.66. The number of ether oxygens (including phenoxy) is 3. The van der Waals surface area contributed by atoms with Crippen molar-refractivity contribution in [3.63, 3.8) is 0 Å². The van der Waals surface area contributed by atoms with E-state index in [9.17, 15) is 9.59 Å². The van der Waals surface area contributed by atoms with Crippen LogP contribution in [0.4, 0.5) is 0 Å². The van der Waals surface area contributed by atoms with Crippen LogP contribution in [0.1, 0.15) is 17.5 Å². The number of hydrogen-bond donors (Lipinski definition) is 1. The summed E-state index contributed by atoms with van der Waals surface area (Å²) in [6.45, 7) is 1.86. The lowest BCUT2D eigenvalue weighted by Crippen LogP contribution is -2.22. The number of hydrogen-bond acceptors (Lipinski definition) is 5. The molecule has 6 heteroatoms. The van der Waals surface area contributed by atoms with E-state index in [0.717, 1.165) is 5.56 Å². The Kier molecular flexibility index (Phi) is 6.02. The average molecular weight is 296 g/mol. The third-order valence-electron chi connectivity index (χ3n) is 3.19. The van der Waals surface area contributed by atoms with E-state index >= 15 is 0 Å².